The largest absolute Gasteiger partial charge is 0.480 e. The van der Waals surface area contributed by atoms with Crippen LogP contribution in [0, 0.1) is 17.3 Å². The van der Waals surface area contributed by atoms with Crippen molar-refractivity contribution in [1.82, 2.24) is 29.6 Å². The molecule has 5 fully saturated rings. The van der Waals surface area contributed by atoms with Gasteiger partial charge in [0.15, 0.2) is 12.4 Å². The highest BCUT2D eigenvalue weighted by Gasteiger charge is 2.52. The highest BCUT2D eigenvalue weighted by atomic mass is 35.5. The number of nitrogens with zero attached hydrogens (tertiary/aromatic N) is 7. The monoisotopic (exact) mass is 910 g/mol. The summed E-state index contributed by atoms with van der Waals surface area (Å²) in [5.74, 6) is -2.93. The van der Waals surface area contributed by atoms with Crippen molar-refractivity contribution in [3.8, 4) is 5.75 Å². The molecule has 1 unspecified atom stereocenters. The summed E-state index contributed by atoms with van der Waals surface area (Å²) in [6.45, 7) is 4.93. The number of aromatic nitrogens is 5. The number of alkyl halides is 2. The molecule has 3 N–H and O–H groups in total. The zero-order chi connectivity index (χ0) is 44.9. The Morgan fingerprint density at radius 2 is 1.75 bits per heavy atom. The zero-order valence-electron chi connectivity index (χ0n) is 36.7. The number of nitrogens with one attached hydrogen (secondary N) is 3. The fourth-order valence-electron chi connectivity index (χ4n) is 11.2. The number of aryl methyl sites for hydroxylation is 2. The van der Waals surface area contributed by atoms with Gasteiger partial charge in [0.1, 0.15) is 5.02 Å². The minimum Gasteiger partial charge on any atom is -0.480 e. The fraction of sp³-hybridized carbons (Fsp3) is 0.532. The second-order valence-electron chi connectivity index (χ2n) is 19.5. The summed E-state index contributed by atoms with van der Waals surface area (Å²) in [5, 5.41) is 15.4. The van der Waals surface area contributed by atoms with E-state index in [1.54, 1.807) is 19.3 Å². The molecule has 1 spiro atoms. The molecule has 4 atom stereocenters. The van der Waals surface area contributed by atoms with Crippen LogP contribution in [0.3, 0.4) is 0 Å². The van der Waals surface area contributed by atoms with E-state index in [1.165, 1.54) is 4.57 Å². The van der Waals surface area contributed by atoms with Crippen LogP contribution in [0.25, 0.3) is 21.8 Å². The number of ether oxygens (including phenoxy) is 2. The topological polar surface area (TPSA) is 161 Å². The molecule has 11 rings (SSSR count). The molecule has 6 aliphatic rings. The van der Waals surface area contributed by atoms with Gasteiger partial charge in [-0.3, -0.25) is 24.4 Å². The minimum atomic E-state index is -3.13. The number of halogens is 3. The molecular formula is C47H53ClF2N10O5. The first-order valence-corrected chi connectivity index (χ1v) is 23.3. The average molecular weight is 911 g/mol. The summed E-state index contributed by atoms with van der Waals surface area (Å²) in [6, 6.07) is 10.6. The van der Waals surface area contributed by atoms with Gasteiger partial charge in [0, 0.05) is 74.3 Å². The van der Waals surface area contributed by atoms with Crippen molar-refractivity contribution < 1.29 is 27.8 Å². The highest BCUT2D eigenvalue weighted by molar-refractivity contribution is 6.33. The Morgan fingerprint density at radius 3 is 2.51 bits per heavy atom. The molecule has 2 saturated carbocycles. The van der Waals surface area contributed by atoms with Gasteiger partial charge in [-0.2, -0.15) is 10.1 Å². The Balaban J connectivity index is 0.704. The van der Waals surface area contributed by atoms with Crippen LogP contribution >= 0.6 is 11.6 Å². The SMILES string of the molecule is C[C@@H]1CC2(CC[C@H]1OC1CCN(c3ccc4c(C5CCC(=O)NC5=O)nn(C)c4c3)CC1)CN(c1ncc(Cl)c(Nc3ccc4c(c3)c3c(c(=O)n4C)OCC(F)(F)[C@H](C4CC4)N3)n1)C2. The van der Waals surface area contributed by atoms with Gasteiger partial charge >= 0.3 is 5.92 Å². The quantitative estimate of drug-likeness (QED) is 0.137. The number of fused-ring (bicyclic) bond motifs is 4. The molecule has 4 aliphatic heterocycles. The molecule has 18 heteroatoms. The Hall–Kier alpha value is -5.55. The molecule has 7 heterocycles. The van der Waals surface area contributed by atoms with Crippen LogP contribution in [0.5, 0.6) is 5.75 Å². The van der Waals surface area contributed by atoms with Gasteiger partial charge in [-0.1, -0.05) is 18.5 Å². The number of amides is 2. The van der Waals surface area contributed by atoms with E-state index in [-0.39, 0.29) is 46.8 Å². The Morgan fingerprint density at radius 1 is 0.954 bits per heavy atom. The molecule has 0 radical (unpaired) electrons. The predicted octanol–water partition coefficient (Wildman–Crippen LogP) is 7.03. The van der Waals surface area contributed by atoms with E-state index >= 15 is 8.78 Å². The lowest BCUT2D eigenvalue weighted by Crippen LogP contribution is -2.60. The van der Waals surface area contributed by atoms with Gasteiger partial charge in [-0.05, 0) is 99.6 Å². The van der Waals surface area contributed by atoms with Crippen LogP contribution in [0.1, 0.15) is 76.3 Å². The number of hydrogen-bond acceptors (Lipinski definition) is 12. The van der Waals surface area contributed by atoms with Crippen LogP contribution in [0.4, 0.5) is 37.6 Å². The van der Waals surface area contributed by atoms with Crippen molar-refractivity contribution in [1.29, 1.82) is 0 Å². The maximum atomic E-state index is 15.2. The number of piperidine rings is 2. The molecule has 3 aromatic heterocycles. The van der Waals surface area contributed by atoms with Gasteiger partial charge in [-0.25, -0.2) is 13.8 Å². The van der Waals surface area contributed by atoms with Crippen molar-refractivity contribution in [2.45, 2.75) is 94.8 Å². The number of carbonyl (C=O) groups excluding carboxylic acids is 2. The summed E-state index contributed by atoms with van der Waals surface area (Å²) < 4.78 is 46.0. The van der Waals surface area contributed by atoms with E-state index in [2.05, 4.69) is 55.9 Å². The summed E-state index contributed by atoms with van der Waals surface area (Å²) in [7, 11) is 3.51. The van der Waals surface area contributed by atoms with E-state index in [1.807, 2.05) is 23.9 Å². The Labute approximate surface area is 379 Å². The molecule has 0 bridgehead atoms. The Kier molecular flexibility index (Phi) is 10.2. The molecule has 65 heavy (non-hydrogen) atoms. The molecule has 3 saturated heterocycles. The number of rotatable bonds is 8. The van der Waals surface area contributed by atoms with E-state index < -0.39 is 30.0 Å². The smallest absolute Gasteiger partial charge is 0.301 e. The van der Waals surface area contributed by atoms with Crippen molar-refractivity contribution in [3.63, 3.8) is 0 Å². The van der Waals surface area contributed by atoms with Crippen LogP contribution < -0.4 is 36.0 Å². The lowest BCUT2D eigenvalue weighted by atomic mass is 9.64. The van der Waals surface area contributed by atoms with Crippen molar-refractivity contribution in [3.05, 3.63) is 63.7 Å². The van der Waals surface area contributed by atoms with Gasteiger partial charge in [0.2, 0.25) is 23.5 Å². The first kappa shape index (κ1) is 42.1. The van der Waals surface area contributed by atoms with Gasteiger partial charge in [0.05, 0.1) is 52.8 Å². The molecule has 2 aliphatic carbocycles. The maximum Gasteiger partial charge on any atom is 0.301 e. The average Bonchev–Trinajstić information content (AvgIpc) is 4.08. The first-order valence-electron chi connectivity index (χ1n) is 22.9. The second-order valence-corrected chi connectivity index (χ2v) is 19.9. The van der Waals surface area contributed by atoms with Crippen LogP contribution in [-0.4, -0.2) is 93.1 Å². The molecular weight excluding hydrogens is 858 g/mol. The lowest BCUT2D eigenvalue weighted by Gasteiger charge is -2.55. The summed E-state index contributed by atoms with van der Waals surface area (Å²) in [5.41, 5.74) is 4.00. The number of imide groups is 1. The fourth-order valence-corrected chi connectivity index (χ4v) is 11.4. The molecule has 2 aromatic carbocycles. The zero-order valence-corrected chi connectivity index (χ0v) is 37.5. The third-order valence-electron chi connectivity index (χ3n) is 14.9. The van der Waals surface area contributed by atoms with Crippen molar-refractivity contribution >= 4 is 74.0 Å². The summed E-state index contributed by atoms with van der Waals surface area (Å²) >= 11 is 6.66. The number of pyridine rings is 1. The van der Waals surface area contributed by atoms with E-state index in [9.17, 15) is 14.4 Å². The highest BCUT2D eigenvalue weighted by Crippen LogP contribution is 2.49. The second kappa shape index (κ2) is 15.8. The van der Waals surface area contributed by atoms with E-state index in [4.69, 9.17) is 31.2 Å². The van der Waals surface area contributed by atoms with Crippen molar-refractivity contribution in [2.75, 3.05) is 53.2 Å². The van der Waals surface area contributed by atoms with Gasteiger partial charge in [-0.15, -0.1) is 0 Å². The first-order chi connectivity index (χ1) is 31.2. The van der Waals surface area contributed by atoms with Crippen molar-refractivity contribution in [2.24, 2.45) is 31.3 Å². The standard InChI is InChI=1S/C47H53ClF2N10O5/c1-25-20-46(15-12-36(25)65-29-13-16-59(17-14-29)28-7-8-30-35(19-28)58(3)56-38(30)31-9-11-37(61)53-43(31)62)22-60(23-46)45-51-21-33(48)42(55-45)52-27-6-10-34-32(18-27)39-40(44(63)57(34)2)64-24-47(49,50)41(54-39)26-4-5-26/h6-8,10,18-19,21,25-26,29,31,36,41,54H,4-5,9,11-17,20,22-24H2,1-3H3,(H,51,52,55)(H,53,61,62)/t25-,31?,36-,41+/m1/s1. The molecule has 2 amide bonds. The predicted molar refractivity (Wildman–Crippen MR) is 244 cm³/mol. The maximum absolute atomic E-state index is 15.2. The lowest BCUT2D eigenvalue weighted by molar-refractivity contribution is -0.134. The number of carbonyl (C=O) groups is 2. The molecule has 5 aromatic rings. The minimum absolute atomic E-state index is 0.105. The molecule has 342 valence electrons. The third-order valence-corrected chi connectivity index (χ3v) is 15.2. The van der Waals surface area contributed by atoms with Crippen LogP contribution in [0.2, 0.25) is 5.02 Å². The summed E-state index contributed by atoms with van der Waals surface area (Å²) in [4.78, 5) is 51.7. The Bertz CT molecular complexity index is 2800. The normalized spacial score (nSPS) is 25.4. The van der Waals surface area contributed by atoms with E-state index in [0.29, 0.717) is 65.0 Å². The third kappa shape index (κ3) is 7.61. The van der Waals surface area contributed by atoms with Gasteiger partial charge < -0.3 is 34.5 Å². The summed E-state index contributed by atoms with van der Waals surface area (Å²) in [6.07, 6.45) is 9.24. The number of anilines is 5. The van der Waals surface area contributed by atoms with E-state index in [0.717, 1.165) is 80.6 Å². The van der Waals surface area contributed by atoms with Crippen LogP contribution in [-0.2, 0) is 28.4 Å². The number of benzene rings is 2. The van der Waals surface area contributed by atoms with Gasteiger partial charge in [0.25, 0.3) is 5.56 Å². The van der Waals surface area contributed by atoms with Crippen LogP contribution in [0.15, 0.2) is 47.4 Å². The molecule has 15 nitrogen and oxygen atoms in total. The number of hydrogen-bond donors (Lipinski definition) is 3.